The molecule has 0 spiro atoms. The van der Waals surface area contributed by atoms with Crippen molar-refractivity contribution in [3.8, 4) is 0 Å². The average molecular weight is 245 g/mol. The lowest BCUT2D eigenvalue weighted by molar-refractivity contribution is -0.137. The number of nitrogens with one attached hydrogen (secondary N) is 1. The van der Waals surface area contributed by atoms with Crippen LogP contribution in [0, 0.1) is 0 Å². The van der Waals surface area contributed by atoms with Crippen molar-refractivity contribution in [3.05, 3.63) is 35.4 Å². The van der Waals surface area contributed by atoms with Gasteiger partial charge in [-0.05, 0) is 24.1 Å². The molecule has 1 rings (SSSR count). The minimum atomic E-state index is -4.33. The summed E-state index contributed by atoms with van der Waals surface area (Å²) < 4.78 is 37.0. The molecule has 5 heteroatoms. The lowest BCUT2D eigenvalue weighted by Gasteiger charge is -2.17. The van der Waals surface area contributed by atoms with Crippen LogP contribution in [0.5, 0.6) is 0 Å². The molecule has 0 bridgehead atoms. The summed E-state index contributed by atoms with van der Waals surface area (Å²) in [5.41, 5.74) is -0.00497. The average Bonchev–Trinajstić information content (AvgIpc) is 2.24. The van der Waals surface area contributed by atoms with Crippen molar-refractivity contribution in [3.63, 3.8) is 0 Å². The highest BCUT2D eigenvalue weighted by Crippen LogP contribution is 2.30. The summed E-state index contributed by atoms with van der Waals surface area (Å²) in [4.78, 5) is 10.9. The Morgan fingerprint density at radius 1 is 1.29 bits per heavy atom. The fourth-order valence-electron chi connectivity index (χ4n) is 1.57. The topological polar surface area (TPSA) is 29.1 Å². The quantitative estimate of drug-likeness (QED) is 0.869. The molecular formula is C12H14F3NO. The van der Waals surface area contributed by atoms with Crippen molar-refractivity contribution in [1.82, 2.24) is 5.32 Å². The second-order valence-corrected chi connectivity index (χ2v) is 3.78. The molecule has 1 atom stereocenters. The van der Waals surface area contributed by atoms with Gasteiger partial charge in [0.05, 0.1) is 11.6 Å². The first-order valence-corrected chi connectivity index (χ1v) is 5.29. The first-order chi connectivity index (χ1) is 7.84. The van der Waals surface area contributed by atoms with Crippen molar-refractivity contribution in [2.75, 3.05) is 0 Å². The summed E-state index contributed by atoms with van der Waals surface area (Å²) in [6, 6.07) is 4.61. The van der Waals surface area contributed by atoms with Gasteiger partial charge in [-0.3, -0.25) is 4.79 Å². The van der Waals surface area contributed by atoms with Gasteiger partial charge in [-0.2, -0.15) is 13.2 Å². The molecule has 94 valence electrons. The standard InChI is InChI=1S/C12H14F3NO/c1-3-11(16-8(2)17)9-4-6-10(7-5-9)12(13,14)15/h4-7,11H,3H2,1-2H3,(H,16,17)/t11-/m0/s1. The van der Waals surface area contributed by atoms with Crippen LogP contribution < -0.4 is 5.32 Å². The number of halogens is 3. The van der Waals surface area contributed by atoms with Crippen LogP contribution in [-0.4, -0.2) is 5.91 Å². The molecule has 1 amide bonds. The Labute approximate surface area is 97.8 Å². The van der Waals surface area contributed by atoms with Crippen molar-refractivity contribution >= 4 is 5.91 Å². The van der Waals surface area contributed by atoms with Crippen LogP contribution in [0.1, 0.15) is 37.4 Å². The normalized spacial score (nSPS) is 13.2. The van der Waals surface area contributed by atoms with Crippen LogP contribution in [0.25, 0.3) is 0 Å². The summed E-state index contributed by atoms with van der Waals surface area (Å²) >= 11 is 0. The number of benzene rings is 1. The van der Waals surface area contributed by atoms with Gasteiger partial charge in [-0.25, -0.2) is 0 Å². The molecule has 0 unspecified atom stereocenters. The Bertz CT molecular complexity index is 384. The molecule has 2 nitrogen and oxygen atoms in total. The van der Waals surface area contributed by atoms with Gasteiger partial charge in [-0.15, -0.1) is 0 Å². The molecule has 0 saturated carbocycles. The molecule has 17 heavy (non-hydrogen) atoms. The van der Waals surface area contributed by atoms with Crippen LogP contribution in [0.15, 0.2) is 24.3 Å². The Morgan fingerprint density at radius 3 is 2.18 bits per heavy atom. The maximum Gasteiger partial charge on any atom is 0.416 e. The summed E-state index contributed by atoms with van der Waals surface area (Å²) in [7, 11) is 0. The molecule has 0 aliphatic heterocycles. The highest BCUT2D eigenvalue weighted by Gasteiger charge is 2.30. The summed E-state index contributed by atoms with van der Waals surface area (Å²) in [5.74, 6) is -0.197. The number of amides is 1. The highest BCUT2D eigenvalue weighted by atomic mass is 19.4. The molecule has 1 aromatic rings. The van der Waals surface area contributed by atoms with Crippen LogP contribution in [0.3, 0.4) is 0 Å². The lowest BCUT2D eigenvalue weighted by atomic mass is 10.0. The zero-order chi connectivity index (χ0) is 13.1. The monoisotopic (exact) mass is 245 g/mol. The molecular weight excluding hydrogens is 231 g/mol. The van der Waals surface area contributed by atoms with Crippen molar-refractivity contribution in [1.29, 1.82) is 0 Å². The third kappa shape index (κ3) is 3.76. The van der Waals surface area contributed by atoms with Crippen LogP contribution in [0.4, 0.5) is 13.2 Å². The molecule has 0 radical (unpaired) electrons. The van der Waals surface area contributed by atoms with Crippen molar-refractivity contribution in [2.45, 2.75) is 32.5 Å². The van der Waals surface area contributed by atoms with E-state index < -0.39 is 11.7 Å². The van der Waals surface area contributed by atoms with Crippen LogP contribution in [0.2, 0.25) is 0 Å². The summed E-state index contributed by atoms with van der Waals surface area (Å²) in [5, 5.41) is 2.68. The van der Waals surface area contributed by atoms with Gasteiger partial charge in [0, 0.05) is 6.92 Å². The van der Waals surface area contributed by atoms with Gasteiger partial charge in [-0.1, -0.05) is 19.1 Å². The smallest absolute Gasteiger partial charge is 0.350 e. The molecule has 0 fully saturated rings. The Morgan fingerprint density at radius 2 is 1.82 bits per heavy atom. The Kier molecular flexibility index (Phi) is 4.15. The van der Waals surface area contributed by atoms with Crippen LogP contribution >= 0.6 is 0 Å². The molecule has 0 saturated heterocycles. The van der Waals surface area contributed by atoms with E-state index in [0.717, 1.165) is 12.1 Å². The second kappa shape index (κ2) is 5.21. The molecule has 0 aliphatic carbocycles. The number of hydrogen-bond donors (Lipinski definition) is 1. The van der Waals surface area contributed by atoms with Gasteiger partial charge in [0.1, 0.15) is 0 Å². The largest absolute Gasteiger partial charge is 0.416 e. The van der Waals surface area contributed by atoms with E-state index in [1.54, 1.807) is 0 Å². The molecule has 0 aliphatic rings. The zero-order valence-corrected chi connectivity index (χ0v) is 9.64. The molecule has 0 aromatic heterocycles. The van der Waals surface area contributed by atoms with Gasteiger partial charge in [0.15, 0.2) is 0 Å². The third-order valence-corrected chi connectivity index (χ3v) is 2.43. The summed E-state index contributed by atoms with van der Waals surface area (Å²) in [6.45, 7) is 3.24. The van der Waals surface area contributed by atoms with Gasteiger partial charge in [0.2, 0.25) is 5.91 Å². The van der Waals surface area contributed by atoms with E-state index in [1.807, 2.05) is 6.92 Å². The lowest BCUT2D eigenvalue weighted by Crippen LogP contribution is -2.25. The molecule has 0 heterocycles. The van der Waals surface area contributed by atoms with Crippen molar-refractivity contribution in [2.24, 2.45) is 0 Å². The Hall–Kier alpha value is -1.52. The predicted octanol–water partition coefficient (Wildman–Crippen LogP) is 3.29. The van der Waals surface area contributed by atoms with Gasteiger partial charge < -0.3 is 5.32 Å². The molecule has 1 N–H and O–H groups in total. The minimum absolute atomic E-state index is 0.197. The number of hydrogen-bond acceptors (Lipinski definition) is 1. The SMILES string of the molecule is CC[C@H](NC(C)=O)c1ccc(C(F)(F)F)cc1. The number of carbonyl (C=O) groups excluding carboxylic acids is 1. The second-order valence-electron chi connectivity index (χ2n) is 3.78. The first-order valence-electron chi connectivity index (χ1n) is 5.29. The van der Waals surface area contributed by atoms with Crippen LogP contribution in [-0.2, 0) is 11.0 Å². The van der Waals surface area contributed by atoms with Gasteiger partial charge >= 0.3 is 6.18 Å². The van der Waals surface area contributed by atoms with E-state index >= 15 is 0 Å². The maximum atomic E-state index is 12.3. The Balaban J connectivity index is 2.89. The fraction of sp³-hybridized carbons (Fsp3) is 0.417. The van der Waals surface area contributed by atoms with Crippen molar-refractivity contribution < 1.29 is 18.0 Å². The zero-order valence-electron chi connectivity index (χ0n) is 9.64. The van der Waals surface area contributed by atoms with E-state index in [-0.39, 0.29) is 11.9 Å². The third-order valence-electron chi connectivity index (χ3n) is 2.43. The van der Waals surface area contributed by atoms with Gasteiger partial charge in [0.25, 0.3) is 0 Å². The number of carbonyl (C=O) groups is 1. The number of rotatable bonds is 3. The van der Waals surface area contributed by atoms with E-state index in [4.69, 9.17) is 0 Å². The number of alkyl halides is 3. The minimum Gasteiger partial charge on any atom is -0.350 e. The predicted molar refractivity (Wildman–Crippen MR) is 58.3 cm³/mol. The van der Waals surface area contributed by atoms with E-state index in [9.17, 15) is 18.0 Å². The van der Waals surface area contributed by atoms with E-state index in [0.29, 0.717) is 12.0 Å². The summed E-state index contributed by atoms with van der Waals surface area (Å²) in [6.07, 6.45) is -3.70. The first kappa shape index (κ1) is 13.5. The van der Waals surface area contributed by atoms with E-state index in [1.165, 1.54) is 19.1 Å². The molecule has 1 aromatic carbocycles. The fourth-order valence-corrected chi connectivity index (χ4v) is 1.57. The maximum absolute atomic E-state index is 12.3. The van der Waals surface area contributed by atoms with E-state index in [2.05, 4.69) is 5.32 Å². The highest BCUT2D eigenvalue weighted by molar-refractivity contribution is 5.73.